The number of aliphatic hydroxyl groups is 1. The molecule has 0 aliphatic heterocycles. The monoisotopic (exact) mass is 453 g/mol. The standard InChI is InChI=1S/C22H27N7O4/c1-23-19-10-18(25-14-4-3-9-28(22(14)32)15-6-8-17(15)33-2)27-20-12(11-24-29(19)20)21(31)26-13-5-7-16(13)30/h3-4,9-11,13,15-17,23,30H,5-8H2,1-2H3,(H,25,27)(H,26,31)/t13-,15-,16-,17-/m0/s1. The zero-order valence-corrected chi connectivity index (χ0v) is 18.5. The Kier molecular flexibility index (Phi) is 5.51. The van der Waals surface area contributed by atoms with Crippen molar-refractivity contribution in [2.75, 3.05) is 24.8 Å². The first kappa shape index (κ1) is 21.4. The summed E-state index contributed by atoms with van der Waals surface area (Å²) < 4.78 is 8.67. The molecular weight excluding hydrogens is 426 g/mol. The fourth-order valence-corrected chi connectivity index (χ4v) is 4.31. The number of hydrogen-bond donors (Lipinski definition) is 4. The molecule has 33 heavy (non-hydrogen) atoms. The third-order valence-corrected chi connectivity index (χ3v) is 6.60. The molecule has 5 rings (SSSR count). The number of anilines is 3. The Bertz CT molecular complexity index is 1250. The van der Waals surface area contributed by atoms with E-state index < -0.39 is 6.10 Å². The van der Waals surface area contributed by atoms with Crippen molar-refractivity contribution in [2.45, 2.75) is 50.0 Å². The smallest absolute Gasteiger partial charge is 0.274 e. The molecule has 3 aromatic heterocycles. The molecule has 0 aromatic carbocycles. The first-order chi connectivity index (χ1) is 16.0. The Morgan fingerprint density at radius 1 is 1.27 bits per heavy atom. The van der Waals surface area contributed by atoms with Gasteiger partial charge < -0.3 is 30.4 Å². The number of hydrogen-bond acceptors (Lipinski definition) is 8. The van der Waals surface area contributed by atoms with E-state index in [-0.39, 0.29) is 35.2 Å². The van der Waals surface area contributed by atoms with Crippen LogP contribution in [-0.2, 0) is 4.74 Å². The summed E-state index contributed by atoms with van der Waals surface area (Å²) in [6.07, 6.45) is 5.96. The van der Waals surface area contributed by atoms with Gasteiger partial charge in [0, 0.05) is 26.4 Å². The van der Waals surface area contributed by atoms with Gasteiger partial charge in [0.25, 0.3) is 11.5 Å². The van der Waals surface area contributed by atoms with Crippen molar-refractivity contribution < 1.29 is 14.6 Å². The number of nitrogens with one attached hydrogen (secondary N) is 3. The lowest BCUT2D eigenvalue weighted by Gasteiger charge is -2.36. The summed E-state index contributed by atoms with van der Waals surface area (Å²) in [5.41, 5.74) is 0.839. The van der Waals surface area contributed by atoms with Gasteiger partial charge in [-0.05, 0) is 37.8 Å². The van der Waals surface area contributed by atoms with E-state index in [4.69, 9.17) is 4.74 Å². The molecule has 11 nitrogen and oxygen atoms in total. The lowest BCUT2D eigenvalue weighted by molar-refractivity contribution is -0.0103. The van der Waals surface area contributed by atoms with Crippen LogP contribution in [0.15, 0.2) is 35.4 Å². The van der Waals surface area contributed by atoms with Crippen LogP contribution < -0.4 is 21.5 Å². The maximum absolute atomic E-state index is 13.1. The number of methoxy groups -OCH3 is 1. The Morgan fingerprint density at radius 3 is 2.76 bits per heavy atom. The number of rotatable bonds is 7. The number of ether oxygens (including phenoxy) is 1. The fourth-order valence-electron chi connectivity index (χ4n) is 4.31. The highest BCUT2D eigenvalue weighted by atomic mass is 16.5. The molecule has 4 N–H and O–H groups in total. The van der Waals surface area contributed by atoms with Crippen molar-refractivity contribution in [2.24, 2.45) is 0 Å². The van der Waals surface area contributed by atoms with Gasteiger partial charge in [-0.1, -0.05) is 0 Å². The number of fused-ring (bicyclic) bond motifs is 1. The van der Waals surface area contributed by atoms with Crippen molar-refractivity contribution in [3.8, 4) is 0 Å². The molecule has 2 aliphatic rings. The number of carbonyl (C=O) groups excluding carboxylic acids is 1. The van der Waals surface area contributed by atoms with Crippen LogP contribution in [0.1, 0.15) is 42.1 Å². The predicted molar refractivity (Wildman–Crippen MR) is 122 cm³/mol. The SMILES string of the molecule is CNc1cc(Nc2cccn([C@H]3CC[C@@H]3OC)c2=O)nc2c(C(=O)N[C@H]3CC[C@@H]3O)cnn12. The topological polar surface area (TPSA) is 135 Å². The van der Waals surface area contributed by atoms with Crippen molar-refractivity contribution in [1.29, 1.82) is 0 Å². The van der Waals surface area contributed by atoms with Gasteiger partial charge in [-0.3, -0.25) is 9.59 Å². The van der Waals surface area contributed by atoms with Crippen LogP contribution in [0.2, 0.25) is 0 Å². The van der Waals surface area contributed by atoms with E-state index in [0.717, 1.165) is 19.3 Å². The molecule has 0 radical (unpaired) electrons. The summed E-state index contributed by atoms with van der Waals surface area (Å²) in [5, 5.41) is 23.0. The highest BCUT2D eigenvalue weighted by molar-refractivity contribution is 6.00. The molecule has 2 aliphatic carbocycles. The van der Waals surface area contributed by atoms with Crippen LogP contribution in [-0.4, -0.2) is 62.6 Å². The zero-order valence-electron chi connectivity index (χ0n) is 18.5. The van der Waals surface area contributed by atoms with Crippen molar-refractivity contribution in [3.63, 3.8) is 0 Å². The summed E-state index contributed by atoms with van der Waals surface area (Å²) in [6, 6.07) is 4.98. The summed E-state index contributed by atoms with van der Waals surface area (Å²) in [6.45, 7) is 0. The molecule has 174 valence electrons. The summed E-state index contributed by atoms with van der Waals surface area (Å²) in [5.74, 6) is 0.648. The van der Waals surface area contributed by atoms with Gasteiger partial charge >= 0.3 is 0 Å². The average Bonchev–Trinajstić information content (AvgIpc) is 3.22. The Labute approximate surface area is 189 Å². The maximum atomic E-state index is 13.1. The molecule has 0 saturated heterocycles. The third-order valence-electron chi connectivity index (χ3n) is 6.60. The number of aliphatic hydroxyl groups excluding tert-OH is 1. The Morgan fingerprint density at radius 2 is 2.12 bits per heavy atom. The van der Waals surface area contributed by atoms with Gasteiger partial charge in [0.2, 0.25) is 0 Å². The van der Waals surface area contributed by atoms with Crippen LogP contribution in [0.5, 0.6) is 0 Å². The molecule has 4 atom stereocenters. The van der Waals surface area contributed by atoms with E-state index in [1.54, 1.807) is 37.1 Å². The van der Waals surface area contributed by atoms with Gasteiger partial charge in [-0.25, -0.2) is 4.98 Å². The highest BCUT2D eigenvalue weighted by Gasteiger charge is 2.33. The molecule has 2 fully saturated rings. The van der Waals surface area contributed by atoms with Crippen LogP contribution in [0.25, 0.3) is 5.65 Å². The molecule has 0 spiro atoms. The summed E-state index contributed by atoms with van der Waals surface area (Å²) in [7, 11) is 3.40. The second kappa shape index (κ2) is 8.49. The highest BCUT2D eigenvalue weighted by Crippen LogP contribution is 2.33. The van der Waals surface area contributed by atoms with E-state index in [2.05, 4.69) is 26.0 Å². The maximum Gasteiger partial charge on any atom is 0.274 e. The van der Waals surface area contributed by atoms with Crippen molar-refractivity contribution >= 4 is 28.9 Å². The lowest BCUT2D eigenvalue weighted by atomic mass is 9.88. The first-order valence-corrected chi connectivity index (χ1v) is 11.1. The molecule has 11 heteroatoms. The van der Waals surface area contributed by atoms with Crippen LogP contribution in [0, 0.1) is 0 Å². The van der Waals surface area contributed by atoms with Crippen LogP contribution in [0.4, 0.5) is 17.3 Å². The van der Waals surface area contributed by atoms with E-state index >= 15 is 0 Å². The molecule has 0 unspecified atom stereocenters. The van der Waals surface area contributed by atoms with Gasteiger partial charge in [0.1, 0.15) is 22.9 Å². The van der Waals surface area contributed by atoms with Crippen molar-refractivity contribution in [1.82, 2.24) is 24.5 Å². The Balaban J connectivity index is 1.46. The fraction of sp³-hybridized carbons (Fsp3) is 0.455. The van der Waals surface area contributed by atoms with Crippen LogP contribution in [0.3, 0.4) is 0 Å². The number of amides is 1. The number of nitrogens with zero attached hydrogens (tertiary/aromatic N) is 4. The van der Waals surface area contributed by atoms with Crippen LogP contribution >= 0.6 is 0 Å². The van der Waals surface area contributed by atoms with E-state index in [1.807, 2.05) is 6.07 Å². The molecule has 3 aromatic rings. The number of carbonyl (C=O) groups is 1. The minimum absolute atomic E-state index is 0.0135. The van der Waals surface area contributed by atoms with Gasteiger partial charge in [-0.2, -0.15) is 9.61 Å². The van der Waals surface area contributed by atoms with E-state index in [0.29, 0.717) is 29.4 Å². The largest absolute Gasteiger partial charge is 0.391 e. The average molecular weight is 454 g/mol. The zero-order chi connectivity index (χ0) is 23.1. The molecule has 1 amide bonds. The molecule has 3 heterocycles. The minimum Gasteiger partial charge on any atom is -0.391 e. The summed E-state index contributed by atoms with van der Waals surface area (Å²) >= 11 is 0. The van der Waals surface area contributed by atoms with Gasteiger partial charge in [0.15, 0.2) is 5.65 Å². The minimum atomic E-state index is -0.525. The lowest BCUT2D eigenvalue weighted by Crippen LogP contribution is -2.50. The van der Waals surface area contributed by atoms with Gasteiger partial charge in [-0.15, -0.1) is 0 Å². The second-order valence-corrected chi connectivity index (χ2v) is 8.47. The Hall–Kier alpha value is -3.44. The van der Waals surface area contributed by atoms with E-state index in [9.17, 15) is 14.7 Å². The number of aromatic nitrogens is 4. The van der Waals surface area contributed by atoms with E-state index in [1.165, 1.54) is 10.7 Å². The normalized spacial score (nSPS) is 24.1. The number of pyridine rings is 1. The quantitative estimate of drug-likeness (QED) is 0.420. The van der Waals surface area contributed by atoms with Crippen molar-refractivity contribution in [3.05, 3.63) is 46.5 Å². The molecule has 2 saturated carbocycles. The second-order valence-electron chi connectivity index (χ2n) is 8.47. The summed E-state index contributed by atoms with van der Waals surface area (Å²) in [4.78, 5) is 30.5. The van der Waals surface area contributed by atoms with Gasteiger partial charge in [0.05, 0.1) is 30.5 Å². The molecular formula is C22H27N7O4. The predicted octanol–water partition coefficient (Wildman–Crippen LogP) is 1.28. The molecule has 0 bridgehead atoms. The third kappa shape index (κ3) is 3.72. The first-order valence-electron chi connectivity index (χ1n) is 11.1.